The second-order valence-electron chi connectivity index (χ2n) is 5.82. The Morgan fingerprint density at radius 2 is 1.89 bits per heavy atom. The number of methoxy groups -OCH3 is 1. The van der Waals surface area contributed by atoms with Gasteiger partial charge in [-0.15, -0.1) is 0 Å². The van der Waals surface area contributed by atoms with Crippen molar-refractivity contribution < 1.29 is 18.7 Å². The maximum atomic E-state index is 14.7. The summed E-state index contributed by atoms with van der Waals surface area (Å²) in [5.41, 5.74) is 6.97. The zero-order valence-corrected chi connectivity index (χ0v) is 15.2. The van der Waals surface area contributed by atoms with Gasteiger partial charge in [-0.25, -0.2) is 14.4 Å². The van der Waals surface area contributed by atoms with Crippen LogP contribution in [0.15, 0.2) is 42.7 Å². The monoisotopic (exact) mass is 385 g/mol. The van der Waals surface area contributed by atoms with Crippen LogP contribution in [0, 0.1) is 5.82 Å². The third-order valence-corrected chi connectivity index (χ3v) is 3.84. The zero-order valence-electron chi connectivity index (χ0n) is 15.2. The van der Waals surface area contributed by atoms with Crippen LogP contribution in [0.3, 0.4) is 0 Å². The number of hydrogen-bond acceptors (Lipinski definition) is 7. The molecule has 1 aromatic heterocycles. The molecule has 0 atom stereocenters. The summed E-state index contributed by atoms with van der Waals surface area (Å²) in [6, 6.07) is 9.82. The lowest BCUT2D eigenvalue weighted by Gasteiger charge is -2.12. The van der Waals surface area contributed by atoms with E-state index < -0.39 is 5.82 Å². The molecule has 0 unspecified atom stereocenters. The lowest BCUT2D eigenvalue weighted by molar-refractivity contribution is -0.114. The summed E-state index contributed by atoms with van der Waals surface area (Å²) in [4.78, 5) is 19.6. The molecule has 0 fully saturated rings. The molecule has 0 radical (unpaired) electrons. The molecular formula is C19H20FN5O3. The Balaban J connectivity index is 1.82. The van der Waals surface area contributed by atoms with Crippen LogP contribution < -0.4 is 21.1 Å². The lowest BCUT2D eigenvalue weighted by atomic mass is 10.2. The van der Waals surface area contributed by atoms with Gasteiger partial charge < -0.3 is 25.8 Å². The predicted octanol–water partition coefficient (Wildman–Crippen LogP) is 2.43. The Bertz CT molecular complexity index is 966. The van der Waals surface area contributed by atoms with Crippen molar-refractivity contribution in [2.75, 3.05) is 37.5 Å². The Kier molecular flexibility index (Phi) is 6.30. The second-order valence-corrected chi connectivity index (χ2v) is 5.82. The number of aromatic nitrogens is 2. The van der Waals surface area contributed by atoms with Crippen LogP contribution >= 0.6 is 0 Å². The van der Waals surface area contributed by atoms with Gasteiger partial charge >= 0.3 is 0 Å². The van der Waals surface area contributed by atoms with Crippen molar-refractivity contribution >= 4 is 34.0 Å². The van der Waals surface area contributed by atoms with E-state index >= 15 is 0 Å². The van der Waals surface area contributed by atoms with Crippen molar-refractivity contribution in [2.45, 2.75) is 0 Å². The highest BCUT2D eigenvalue weighted by Crippen LogP contribution is 2.29. The number of ether oxygens (including phenoxy) is 2. The number of amides is 1. The minimum atomic E-state index is -0.500. The van der Waals surface area contributed by atoms with Crippen molar-refractivity contribution in [3.63, 3.8) is 0 Å². The van der Waals surface area contributed by atoms with Crippen LogP contribution in [-0.4, -0.2) is 42.7 Å². The highest BCUT2D eigenvalue weighted by Gasteiger charge is 2.12. The molecule has 0 bridgehead atoms. The molecule has 9 heteroatoms. The average Bonchev–Trinajstić information content (AvgIpc) is 2.69. The average molecular weight is 385 g/mol. The number of carbonyl (C=O) groups excluding carboxylic acids is 1. The van der Waals surface area contributed by atoms with Crippen LogP contribution in [0.5, 0.6) is 5.75 Å². The molecule has 1 amide bonds. The fourth-order valence-corrected chi connectivity index (χ4v) is 2.52. The standard InChI is InChI=1S/C19H20FN5O3/c1-27-6-7-28-14-8-15(20)18-16(9-14)22-11-23-19(18)25-13-4-2-12(3-5-13)24-17(26)10-21/h2-5,8-9,11H,6-7,10,21H2,1H3,(H,24,26)(H,22,23,25). The van der Waals surface area contributed by atoms with Gasteiger partial charge in [0.2, 0.25) is 5.91 Å². The van der Waals surface area contributed by atoms with Crippen molar-refractivity contribution in [1.29, 1.82) is 0 Å². The van der Waals surface area contributed by atoms with Crippen LogP contribution in [-0.2, 0) is 9.53 Å². The van der Waals surface area contributed by atoms with E-state index in [1.807, 2.05) is 0 Å². The maximum Gasteiger partial charge on any atom is 0.238 e. The van der Waals surface area contributed by atoms with E-state index in [1.54, 1.807) is 37.4 Å². The number of benzene rings is 2. The van der Waals surface area contributed by atoms with Gasteiger partial charge in [-0.1, -0.05) is 0 Å². The first-order chi connectivity index (χ1) is 13.6. The number of rotatable bonds is 8. The molecule has 3 rings (SSSR count). The molecule has 0 aliphatic rings. The molecule has 8 nitrogen and oxygen atoms in total. The number of halogens is 1. The quantitative estimate of drug-likeness (QED) is 0.511. The first-order valence-corrected chi connectivity index (χ1v) is 8.53. The zero-order chi connectivity index (χ0) is 19.9. The molecule has 0 spiro atoms. The summed E-state index contributed by atoms with van der Waals surface area (Å²) in [6.45, 7) is 0.617. The number of nitrogens with one attached hydrogen (secondary N) is 2. The topological polar surface area (TPSA) is 111 Å². The van der Waals surface area contributed by atoms with Gasteiger partial charge in [-0.05, 0) is 24.3 Å². The van der Waals surface area contributed by atoms with Crippen molar-refractivity contribution in [2.24, 2.45) is 5.73 Å². The Morgan fingerprint density at radius 3 is 2.61 bits per heavy atom. The van der Waals surface area contributed by atoms with Gasteiger partial charge in [0.1, 0.15) is 30.3 Å². The van der Waals surface area contributed by atoms with Gasteiger partial charge in [0.15, 0.2) is 0 Å². The summed E-state index contributed by atoms with van der Waals surface area (Å²) in [7, 11) is 1.56. The molecule has 1 heterocycles. The number of anilines is 3. The minimum Gasteiger partial charge on any atom is -0.491 e. The van der Waals surface area contributed by atoms with Crippen molar-refractivity contribution in [3.8, 4) is 5.75 Å². The van der Waals surface area contributed by atoms with Gasteiger partial charge in [0, 0.05) is 30.6 Å². The van der Waals surface area contributed by atoms with Crippen LogP contribution in [0.1, 0.15) is 0 Å². The smallest absolute Gasteiger partial charge is 0.238 e. The van der Waals surface area contributed by atoms with Crippen LogP contribution in [0.25, 0.3) is 10.9 Å². The SMILES string of the molecule is COCCOc1cc(F)c2c(Nc3ccc(NC(=O)CN)cc3)ncnc2c1. The number of nitrogens with zero attached hydrogens (tertiary/aromatic N) is 2. The van der Waals surface area contributed by atoms with E-state index in [0.717, 1.165) is 0 Å². The van der Waals surface area contributed by atoms with E-state index in [-0.39, 0.29) is 17.8 Å². The first-order valence-electron chi connectivity index (χ1n) is 8.53. The fourth-order valence-electron chi connectivity index (χ4n) is 2.52. The number of carbonyl (C=O) groups is 1. The molecule has 0 saturated carbocycles. The molecule has 28 heavy (non-hydrogen) atoms. The van der Waals surface area contributed by atoms with E-state index in [0.29, 0.717) is 41.7 Å². The summed E-state index contributed by atoms with van der Waals surface area (Å²) in [6.07, 6.45) is 1.35. The summed E-state index contributed by atoms with van der Waals surface area (Å²) >= 11 is 0. The molecule has 0 aliphatic carbocycles. The first kappa shape index (κ1) is 19.5. The number of nitrogens with two attached hydrogens (primary N) is 1. The van der Waals surface area contributed by atoms with E-state index in [4.69, 9.17) is 15.2 Å². The highest BCUT2D eigenvalue weighted by molar-refractivity contribution is 5.93. The van der Waals surface area contributed by atoms with Gasteiger partial charge in [0.25, 0.3) is 0 Å². The van der Waals surface area contributed by atoms with Crippen LogP contribution in [0.4, 0.5) is 21.6 Å². The molecular weight excluding hydrogens is 365 g/mol. The van der Waals surface area contributed by atoms with E-state index in [1.165, 1.54) is 12.4 Å². The molecule has 3 aromatic rings. The largest absolute Gasteiger partial charge is 0.491 e. The molecule has 2 aromatic carbocycles. The van der Waals surface area contributed by atoms with Crippen molar-refractivity contribution in [1.82, 2.24) is 9.97 Å². The Morgan fingerprint density at radius 1 is 1.14 bits per heavy atom. The minimum absolute atomic E-state index is 0.0939. The summed E-state index contributed by atoms with van der Waals surface area (Å²) in [5.74, 6) is -0.0932. The normalized spacial score (nSPS) is 10.7. The number of hydrogen-bond donors (Lipinski definition) is 3. The molecule has 0 aliphatic heterocycles. The third kappa shape index (κ3) is 4.70. The molecule has 0 saturated heterocycles. The van der Waals surface area contributed by atoms with E-state index in [9.17, 15) is 9.18 Å². The maximum absolute atomic E-state index is 14.7. The Labute approximate surface area is 160 Å². The molecule has 146 valence electrons. The number of fused-ring (bicyclic) bond motifs is 1. The van der Waals surface area contributed by atoms with Crippen molar-refractivity contribution in [3.05, 3.63) is 48.5 Å². The van der Waals surface area contributed by atoms with Gasteiger partial charge in [-0.2, -0.15) is 0 Å². The Hall–Kier alpha value is -3.30. The van der Waals surface area contributed by atoms with E-state index in [2.05, 4.69) is 20.6 Å². The fraction of sp³-hybridized carbons (Fsp3) is 0.211. The van der Waals surface area contributed by atoms with Gasteiger partial charge in [0.05, 0.1) is 24.1 Å². The molecule has 4 N–H and O–H groups in total. The highest BCUT2D eigenvalue weighted by atomic mass is 19.1. The third-order valence-electron chi connectivity index (χ3n) is 3.84. The summed E-state index contributed by atoms with van der Waals surface area (Å²) < 4.78 is 25.1. The van der Waals surface area contributed by atoms with Crippen LogP contribution in [0.2, 0.25) is 0 Å². The summed E-state index contributed by atoms with van der Waals surface area (Å²) in [5, 5.41) is 5.97. The predicted molar refractivity (Wildman–Crippen MR) is 104 cm³/mol. The lowest BCUT2D eigenvalue weighted by Crippen LogP contribution is -2.21. The second kappa shape index (κ2) is 9.07. The van der Waals surface area contributed by atoms with Gasteiger partial charge in [-0.3, -0.25) is 4.79 Å².